The Labute approximate surface area is 169 Å². The van der Waals surface area contributed by atoms with Crippen molar-refractivity contribution in [1.82, 2.24) is 4.90 Å². The first kappa shape index (κ1) is 19.6. The number of carbonyl (C=O) groups is 2. The van der Waals surface area contributed by atoms with Crippen LogP contribution in [0.1, 0.15) is 30.9 Å². The van der Waals surface area contributed by atoms with Crippen molar-refractivity contribution in [3.63, 3.8) is 0 Å². The van der Waals surface area contributed by atoms with Crippen molar-refractivity contribution in [2.75, 3.05) is 18.0 Å². The minimum atomic E-state index is -0.909. The van der Waals surface area contributed by atoms with Crippen LogP contribution in [0.5, 0.6) is 0 Å². The molecule has 2 aliphatic rings. The summed E-state index contributed by atoms with van der Waals surface area (Å²) in [6.45, 7) is 2.37. The fourth-order valence-electron chi connectivity index (χ4n) is 4.49. The van der Waals surface area contributed by atoms with Gasteiger partial charge in [-0.15, -0.1) is 0 Å². The first-order chi connectivity index (χ1) is 13.9. The lowest BCUT2D eigenvalue weighted by Gasteiger charge is -2.40. The Kier molecular flexibility index (Phi) is 5.13. The third-order valence-electron chi connectivity index (χ3n) is 6.05. The van der Waals surface area contributed by atoms with E-state index in [0.29, 0.717) is 38.8 Å². The largest absolute Gasteiger partial charge is 0.389 e. The van der Waals surface area contributed by atoms with Gasteiger partial charge in [-0.3, -0.25) is 14.5 Å². The summed E-state index contributed by atoms with van der Waals surface area (Å²) in [4.78, 5) is 28.8. The smallest absolute Gasteiger partial charge is 0.246 e. The summed E-state index contributed by atoms with van der Waals surface area (Å²) in [6, 6.07) is 13.3. The molecular weight excluding hydrogens is 371 g/mol. The van der Waals surface area contributed by atoms with Gasteiger partial charge in [0, 0.05) is 38.5 Å². The molecule has 6 heteroatoms. The molecule has 0 radical (unpaired) electrons. The number of halogens is 1. The summed E-state index contributed by atoms with van der Waals surface area (Å²) in [5, 5.41) is 10.9. The molecule has 5 nitrogen and oxygen atoms in total. The first-order valence-corrected chi connectivity index (χ1v) is 10.00. The van der Waals surface area contributed by atoms with E-state index in [4.69, 9.17) is 0 Å². The van der Waals surface area contributed by atoms with Crippen LogP contribution >= 0.6 is 0 Å². The Morgan fingerprint density at radius 2 is 1.76 bits per heavy atom. The van der Waals surface area contributed by atoms with Crippen LogP contribution in [0.2, 0.25) is 0 Å². The number of hydrogen-bond donors (Lipinski definition) is 1. The zero-order valence-corrected chi connectivity index (χ0v) is 16.5. The van der Waals surface area contributed by atoms with Gasteiger partial charge in [0.1, 0.15) is 11.9 Å². The minimum Gasteiger partial charge on any atom is -0.389 e. The fourth-order valence-corrected chi connectivity index (χ4v) is 4.49. The third-order valence-corrected chi connectivity index (χ3v) is 6.05. The van der Waals surface area contributed by atoms with Gasteiger partial charge < -0.3 is 10.0 Å². The molecule has 4 rings (SSSR count). The lowest BCUT2D eigenvalue weighted by Crippen LogP contribution is -2.54. The highest BCUT2D eigenvalue weighted by atomic mass is 19.1. The van der Waals surface area contributed by atoms with Crippen molar-refractivity contribution in [2.24, 2.45) is 0 Å². The Morgan fingerprint density at radius 1 is 1.10 bits per heavy atom. The standard InChI is InChI=1S/C23H25FN2O3/c1-16(27)26-20-5-3-2-4-18(20)14-21(26)22(28)25-12-10-23(29,11-13-25)15-17-6-8-19(24)9-7-17/h2-9,21,29H,10-15H2,1H3/t21-/m0/s1. The second-order valence-electron chi connectivity index (χ2n) is 8.09. The molecule has 0 saturated carbocycles. The zero-order chi connectivity index (χ0) is 20.6. The molecule has 1 N–H and O–H groups in total. The molecule has 1 atom stereocenters. The summed E-state index contributed by atoms with van der Waals surface area (Å²) in [6.07, 6.45) is 1.86. The summed E-state index contributed by atoms with van der Waals surface area (Å²) in [5.74, 6) is -0.507. The van der Waals surface area contributed by atoms with Crippen LogP contribution in [0.25, 0.3) is 0 Å². The molecule has 2 aliphatic heterocycles. The molecule has 2 aromatic carbocycles. The molecule has 29 heavy (non-hydrogen) atoms. The van der Waals surface area contributed by atoms with Gasteiger partial charge in [-0.1, -0.05) is 30.3 Å². The molecule has 2 aromatic rings. The van der Waals surface area contributed by atoms with Crippen molar-refractivity contribution in [2.45, 2.75) is 44.2 Å². The molecule has 2 amide bonds. The average Bonchev–Trinajstić information content (AvgIpc) is 3.09. The molecule has 0 spiro atoms. The van der Waals surface area contributed by atoms with E-state index >= 15 is 0 Å². The van der Waals surface area contributed by atoms with Crippen molar-refractivity contribution in [1.29, 1.82) is 0 Å². The zero-order valence-electron chi connectivity index (χ0n) is 16.5. The van der Waals surface area contributed by atoms with Gasteiger partial charge in [-0.25, -0.2) is 4.39 Å². The Morgan fingerprint density at radius 3 is 2.41 bits per heavy atom. The number of nitrogens with zero attached hydrogens (tertiary/aromatic N) is 2. The normalized spacial score (nSPS) is 20.4. The maximum atomic E-state index is 13.2. The molecule has 152 valence electrons. The highest BCUT2D eigenvalue weighted by Crippen LogP contribution is 2.34. The monoisotopic (exact) mass is 396 g/mol. The van der Waals surface area contributed by atoms with Crippen molar-refractivity contribution in [3.05, 3.63) is 65.5 Å². The summed E-state index contributed by atoms with van der Waals surface area (Å²) in [7, 11) is 0. The van der Waals surface area contributed by atoms with E-state index in [-0.39, 0.29) is 17.6 Å². The Balaban J connectivity index is 1.42. The number of para-hydroxylation sites is 1. The molecule has 2 heterocycles. The van der Waals surface area contributed by atoms with Gasteiger partial charge in [-0.05, 0) is 42.2 Å². The van der Waals surface area contributed by atoms with Gasteiger partial charge >= 0.3 is 0 Å². The predicted octanol–water partition coefficient (Wildman–Crippen LogP) is 2.70. The summed E-state index contributed by atoms with van der Waals surface area (Å²) in [5.41, 5.74) is 1.78. The van der Waals surface area contributed by atoms with Gasteiger partial charge in [0.05, 0.1) is 5.60 Å². The SMILES string of the molecule is CC(=O)N1c2ccccc2C[C@H]1C(=O)N1CCC(O)(Cc2ccc(F)cc2)CC1. The quantitative estimate of drug-likeness (QED) is 0.868. The van der Waals surface area contributed by atoms with E-state index < -0.39 is 11.6 Å². The Hall–Kier alpha value is -2.73. The van der Waals surface area contributed by atoms with E-state index in [1.165, 1.54) is 19.1 Å². The number of hydrogen-bond acceptors (Lipinski definition) is 3. The van der Waals surface area contributed by atoms with Crippen LogP contribution in [0, 0.1) is 5.82 Å². The summed E-state index contributed by atoms with van der Waals surface area (Å²) < 4.78 is 13.1. The lowest BCUT2D eigenvalue weighted by molar-refractivity contribution is -0.138. The van der Waals surface area contributed by atoms with Crippen molar-refractivity contribution < 1.29 is 19.1 Å². The second-order valence-corrected chi connectivity index (χ2v) is 8.09. The molecule has 0 bridgehead atoms. The van der Waals surface area contributed by atoms with Gasteiger partial charge in [0.15, 0.2) is 0 Å². The van der Waals surface area contributed by atoms with E-state index in [1.54, 1.807) is 21.9 Å². The van der Waals surface area contributed by atoms with E-state index in [9.17, 15) is 19.1 Å². The maximum Gasteiger partial charge on any atom is 0.246 e. The Bertz CT molecular complexity index is 920. The fraction of sp³-hybridized carbons (Fsp3) is 0.391. The first-order valence-electron chi connectivity index (χ1n) is 10.00. The van der Waals surface area contributed by atoms with Crippen LogP contribution in [-0.4, -0.2) is 46.6 Å². The van der Waals surface area contributed by atoms with Crippen LogP contribution < -0.4 is 4.90 Å². The number of likely N-dealkylation sites (tertiary alicyclic amines) is 1. The van der Waals surface area contributed by atoms with E-state index in [2.05, 4.69) is 0 Å². The van der Waals surface area contributed by atoms with Crippen LogP contribution in [0.4, 0.5) is 10.1 Å². The molecule has 0 aliphatic carbocycles. The van der Waals surface area contributed by atoms with E-state index in [0.717, 1.165) is 16.8 Å². The maximum absolute atomic E-state index is 13.2. The highest BCUT2D eigenvalue weighted by molar-refractivity contribution is 6.02. The minimum absolute atomic E-state index is 0.0692. The topological polar surface area (TPSA) is 60.9 Å². The molecular formula is C23H25FN2O3. The second kappa shape index (κ2) is 7.59. The van der Waals surface area contributed by atoms with E-state index in [1.807, 2.05) is 24.3 Å². The average molecular weight is 396 g/mol. The number of fused-ring (bicyclic) bond motifs is 1. The number of aliphatic hydroxyl groups is 1. The molecule has 0 aromatic heterocycles. The molecule has 1 fully saturated rings. The number of anilines is 1. The number of piperidine rings is 1. The molecule has 1 saturated heterocycles. The highest BCUT2D eigenvalue weighted by Gasteiger charge is 2.41. The van der Waals surface area contributed by atoms with Crippen LogP contribution in [0.15, 0.2) is 48.5 Å². The third kappa shape index (κ3) is 3.90. The number of amides is 2. The lowest BCUT2D eigenvalue weighted by atomic mass is 9.85. The van der Waals surface area contributed by atoms with Crippen molar-refractivity contribution in [3.8, 4) is 0 Å². The molecule has 0 unspecified atom stereocenters. The predicted molar refractivity (Wildman–Crippen MR) is 108 cm³/mol. The van der Waals surface area contributed by atoms with Gasteiger partial charge in [0.25, 0.3) is 0 Å². The van der Waals surface area contributed by atoms with Crippen LogP contribution in [-0.2, 0) is 22.4 Å². The van der Waals surface area contributed by atoms with Gasteiger partial charge in [0.2, 0.25) is 11.8 Å². The number of rotatable bonds is 3. The van der Waals surface area contributed by atoms with Crippen molar-refractivity contribution >= 4 is 17.5 Å². The number of benzene rings is 2. The van der Waals surface area contributed by atoms with Gasteiger partial charge in [-0.2, -0.15) is 0 Å². The number of carbonyl (C=O) groups excluding carboxylic acids is 2. The van der Waals surface area contributed by atoms with Crippen LogP contribution in [0.3, 0.4) is 0 Å². The summed E-state index contributed by atoms with van der Waals surface area (Å²) >= 11 is 0.